The molecule has 0 rings (SSSR count). The standard InChI is InChI=1S/3C2H4O2S.Sb/c3*3-2(4)1-5;/h3*5H,1H2,(H,3,4);. The number of hydrogen-bond donors (Lipinski definition) is 6. The molecule has 0 aliphatic heterocycles. The van der Waals surface area contributed by atoms with Crippen molar-refractivity contribution in [2.24, 2.45) is 0 Å². The summed E-state index contributed by atoms with van der Waals surface area (Å²) in [5.74, 6) is -2.89. The largest absolute Gasteiger partial charge is 0.481 e. The smallest absolute Gasteiger partial charge is 0.313 e. The summed E-state index contributed by atoms with van der Waals surface area (Å²) in [5.41, 5.74) is 0. The third kappa shape index (κ3) is 63.9. The fourth-order valence-corrected chi connectivity index (χ4v) is 0. The Balaban J connectivity index is -0.0000000655. The van der Waals surface area contributed by atoms with E-state index in [2.05, 4.69) is 37.9 Å². The van der Waals surface area contributed by atoms with Gasteiger partial charge in [0.2, 0.25) is 0 Å². The van der Waals surface area contributed by atoms with E-state index >= 15 is 0 Å². The van der Waals surface area contributed by atoms with Gasteiger partial charge in [0, 0.05) is 24.4 Å². The summed E-state index contributed by atoms with van der Waals surface area (Å²) in [5, 5.41) is 22.9. The molecule has 0 aromatic carbocycles. The number of carboxylic acid groups (broad SMARTS) is 3. The molecule has 3 N–H and O–H groups in total. The number of rotatable bonds is 3. The Hall–Kier alpha value is 0.278. The van der Waals surface area contributed by atoms with Crippen molar-refractivity contribution in [1.82, 2.24) is 0 Å². The fourth-order valence-electron chi connectivity index (χ4n) is 0. The number of aliphatic carboxylic acids is 3. The van der Waals surface area contributed by atoms with Crippen LogP contribution in [0, 0.1) is 0 Å². The molecule has 0 amide bonds. The molecule has 0 heterocycles. The van der Waals surface area contributed by atoms with Gasteiger partial charge in [-0.15, -0.1) is 0 Å². The molecule has 3 radical (unpaired) electrons. The summed E-state index contributed by atoms with van der Waals surface area (Å²) >= 11 is 10.2. The Morgan fingerprint density at radius 1 is 0.688 bits per heavy atom. The molecule has 0 saturated heterocycles. The van der Waals surface area contributed by atoms with Crippen LogP contribution < -0.4 is 0 Å². The maximum atomic E-state index is 9.29. The molecule has 10 heteroatoms. The first-order valence-electron chi connectivity index (χ1n) is 3.29. The predicted octanol–water partition coefficient (Wildman–Crippen LogP) is -0.378. The molecule has 0 fully saturated rings. The van der Waals surface area contributed by atoms with Crippen LogP contribution in [0.15, 0.2) is 0 Å². The normalized spacial score (nSPS) is 6.94. The second kappa shape index (κ2) is 20.7. The summed E-state index contributed by atoms with van der Waals surface area (Å²) in [4.78, 5) is 27.9. The summed E-state index contributed by atoms with van der Waals surface area (Å²) in [6, 6.07) is 0. The molecule has 0 aromatic heterocycles. The van der Waals surface area contributed by atoms with Gasteiger partial charge in [-0.1, -0.05) is 0 Å². The molecule has 0 spiro atoms. The van der Waals surface area contributed by atoms with Crippen LogP contribution in [0.2, 0.25) is 0 Å². The Morgan fingerprint density at radius 3 is 0.750 bits per heavy atom. The molecule has 0 aliphatic carbocycles. The first kappa shape index (κ1) is 25.2. The molecule has 95 valence electrons. The summed E-state index contributed by atoms with van der Waals surface area (Å²) in [7, 11) is 0. The summed E-state index contributed by atoms with van der Waals surface area (Å²) in [6.45, 7) is 0. The third-order valence-electron chi connectivity index (χ3n) is 0.406. The molecular weight excluding hydrogens is 386 g/mol. The van der Waals surface area contributed by atoms with Gasteiger partial charge in [0.25, 0.3) is 0 Å². The molecule has 0 aromatic rings. The van der Waals surface area contributed by atoms with Gasteiger partial charge in [-0.25, -0.2) is 0 Å². The maximum absolute atomic E-state index is 9.29. The minimum atomic E-state index is -0.881. The Bertz CT molecular complexity index is 167. The van der Waals surface area contributed by atoms with Crippen molar-refractivity contribution >= 4 is 80.2 Å². The first-order chi connectivity index (χ1) is 6.81. The minimum Gasteiger partial charge on any atom is -0.481 e. The van der Waals surface area contributed by atoms with E-state index in [1.54, 1.807) is 0 Å². The minimum absolute atomic E-state index is 0. The Morgan fingerprint density at radius 2 is 0.750 bits per heavy atom. The predicted molar refractivity (Wildman–Crippen MR) is 70.2 cm³/mol. The topological polar surface area (TPSA) is 112 Å². The van der Waals surface area contributed by atoms with Crippen LogP contribution in [0.1, 0.15) is 0 Å². The zero-order chi connectivity index (χ0) is 12.9. The second-order valence-corrected chi connectivity index (χ2v) is 2.60. The SMILES string of the molecule is O=C(O)CS.O=C(O)CS.O=C(O)CS.[Sb]. The average Bonchev–Trinajstić information content (AvgIpc) is 2.19. The van der Waals surface area contributed by atoms with Gasteiger partial charge in [-0.2, -0.15) is 37.9 Å². The molecule has 0 atom stereocenters. The van der Waals surface area contributed by atoms with Crippen LogP contribution in [-0.4, -0.2) is 74.9 Å². The molecule has 6 nitrogen and oxygen atoms in total. The molecular formula is C6H12O6S3Sb. The van der Waals surface area contributed by atoms with Gasteiger partial charge < -0.3 is 15.3 Å². The summed E-state index contributed by atoms with van der Waals surface area (Å²) in [6.07, 6.45) is 0. The number of hydrogen-bond acceptors (Lipinski definition) is 6. The molecule has 0 unspecified atom stereocenters. The number of carboxylic acids is 3. The van der Waals surface area contributed by atoms with Crippen molar-refractivity contribution in [3.63, 3.8) is 0 Å². The molecule has 0 saturated carbocycles. The van der Waals surface area contributed by atoms with Gasteiger partial charge >= 0.3 is 17.9 Å². The monoisotopic (exact) mass is 397 g/mol. The van der Waals surface area contributed by atoms with E-state index in [-0.39, 0.29) is 41.7 Å². The first-order valence-corrected chi connectivity index (χ1v) is 5.19. The summed E-state index contributed by atoms with van der Waals surface area (Å²) < 4.78 is 0. The van der Waals surface area contributed by atoms with Crippen LogP contribution in [0.5, 0.6) is 0 Å². The van der Waals surface area contributed by atoms with Crippen LogP contribution in [-0.2, 0) is 14.4 Å². The van der Waals surface area contributed by atoms with Crippen LogP contribution in [0.4, 0.5) is 0 Å². The van der Waals surface area contributed by atoms with Crippen molar-refractivity contribution in [1.29, 1.82) is 0 Å². The number of carbonyl (C=O) groups is 3. The van der Waals surface area contributed by atoms with Gasteiger partial charge in [0.05, 0.1) is 17.3 Å². The van der Waals surface area contributed by atoms with E-state index in [9.17, 15) is 14.4 Å². The van der Waals surface area contributed by atoms with Gasteiger partial charge in [-0.3, -0.25) is 14.4 Å². The van der Waals surface area contributed by atoms with Crippen LogP contribution >= 0.6 is 37.9 Å². The van der Waals surface area contributed by atoms with E-state index in [4.69, 9.17) is 15.3 Å². The quantitative estimate of drug-likeness (QED) is 0.286. The zero-order valence-electron chi connectivity index (χ0n) is 7.98. The fraction of sp³-hybridized carbons (Fsp3) is 0.500. The second-order valence-electron chi connectivity index (χ2n) is 1.66. The van der Waals surface area contributed by atoms with Crippen molar-refractivity contribution < 1.29 is 29.7 Å². The van der Waals surface area contributed by atoms with E-state index in [0.717, 1.165) is 0 Å². The van der Waals surface area contributed by atoms with Crippen molar-refractivity contribution in [3.8, 4) is 0 Å². The van der Waals surface area contributed by atoms with Crippen molar-refractivity contribution in [3.05, 3.63) is 0 Å². The van der Waals surface area contributed by atoms with Crippen molar-refractivity contribution in [2.75, 3.05) is 17.3 Å². The van der Waals surface area contributed by atoms with Gasteiger partial charge in [0.1, 0.15) is 0 Å². The van der Waals surface area contributed by atoms with Crippen LogP contribution in [0.3, 0.4) is 0 Å². The van der Waals surface area contributed by atoms with E-state index in [1.807, 2.05) is 0 Å². The van der Waals surface area contributed by atoms with E-state index in [1.165, 1.54) is 0 Å². The zero-order valence-corrected chi connectivity index (χ0v) is 13.2. The van der Waals surface area contributed by atoms with Crippen LogP contribution in [0.25, 0.3) is 0 Å². The van der Waals surface area contributed by atoms with Crippen molar-refractivity contribution in [2.45, 2.75) is 0 Å². The Labute approximate surface area is 126 Å². The third-order valence-corrected chi connectivity index (χ3v) is 1.22. The van der Waals surface area contributed by atoms with Gasteiger partial charge in [-0.05, 0) is 0 Å². The average molecular weight is 398 g/mol. The van der Waals surface area contributed by atoms with E-state index in [0.29, 0.717) is 0 Å². The van der Waals surface area contributed by atoms with Gasteiger partial charge in [0.15, 0.2) is 0 Å². The molecule has 0 bridgehead atoms. The molecule has 16 heavy (non-hydrogen) atoms. The number of thiol groups is 3. The Kier molecular flexibility index (Phi) is 32.5. The van der Waals surface area contributed by atoms with E-state index < -0.39 is 17.9 Å². The maximum Gasteiger partial charge on any atom is 0.313 e. The molecule has 0 aliphatic rings.